The summed E-state index contributed by atoms with van der Waals surface area (Å²) in [7, 11) is 1.93. The number of aromatic amines is 1. The lowest BCUT2D eigenvalue weighted by Crippen LogP contribution is -2.11. The number of fused-ring (bicyclic) bond motifs is 1. The SMILES string of the molecule is Cc1cccc(-c2[nH]c(N(C)c3ccc(C#N)cc3)nc2-c2ccc3c(c2)OCO3)n1. The number of nitrogens with zero attached hydrogens (tertiary/aromatic N) is 4. The lowest BCUT2D eigenvalue weighted by atomic mass is 10.1. The molecule has 4 aromatic rings. The summed E-state index contributed by atoms with van der Waals surface area (Å²) in [5, 5.41) is 9.06. The highest BCUT2D eigenvalue weighted by atomic mass is 16.7. The minimum Gasteiger partial charge on any atom is -0.454 e. The van der Waals surface area contributed by atoms with Gasteiger partial charge < -0.3 is 19.4 Å². The van der Waals surface area contributed by atoms with Crippen LogP contribution < -0.4 is 14.4 Å². The van der Waals surface area contributed by atoms with E-state index in [0.29, 0.717) is 17.3 Å². The van der Waals surface area contributed by atoms with Gasteiger partial charge in [0.25, 0.3) is 0 Å². The average molecular weight is 409 g/mol. The molecule has 0 aliphatic carbocycles. The number of aromatic nitrogens is 3. The van der Waals surface area contributed by atoms with E-state index in [-0.39, 0.29) is 6.79 Å². The first-order valence-corrected chi connectivity index (χ1v) is 9.80. The zero-order chi connectivity index (χ0) is 21.4. The first-order valence-electron chi connectivity index (χ1n) is 9.80. The second-order valence-corrected chi connectivity index (χ2v) is 7.23. The lowest BCUT2D eigenvalue weighted by Gasteiger charge is -2.15. The standard InChI is InChI=1S/C24H19N5O2/c1-15-4-3-5-19(26-15)23-22(17-8-11-20-21(12-17)31-14-30-20)27-24(28-23)29(2)18-9-6-16(13-25)7-10-18/h3-12H,14H2,1-2H3,(H,27,28). The number of pyridine rings is 1. The highest BCUT2D eigenvalue weighted by molar-refractivity contribution is 5.80. The van der Waals surface area contributed by atoms with E-state index in [1.165, 1.54) is 0 Å². The average Bonchev–Trinajstić information content (AvgIpc) is 3.45. The van der Waals surface area contributed by atoms with Gasteiger partial charge in [-0.25, -0.2) is 4.98 Å². The molecule has 0 amide bonds. The van der Waals surface area contributed by atoms with Gasteiger partial charge in [-0.15, -0.1) is 0 Å². The Hall–Kier alpha value is -4.31. The van der Waals surface area contributed by atoms with Gasteiger partial charge in [0.05, 0.1) is 23.0 Å². The molecule has 0 fully saturated rings. The minimum absolute atomic E-state index is 0.221. The van der Waals surface area contributed by atoms with Crippen LogP contribution in [-0.4, -0.2) is 28.8 Å². The Morgan fingerprint density at radius 3 is 2.58 bits per heavy atom. The molecule has 0 bridgehead atoms. The van der Waals surface area contributed by atoms with Gasteiger partial charge in [-0.05, 0) is 61.5 Å². The van der Waals surface area contributed by atoms with Crippen molar-refractivity contribution >= 4 is 11.6 Å². The molecule has 1 aliphatic rings. The van der Waals surface area contributed by atoms with Gasteiger partial charge in [0.15, 0.2) is 11.5 Å². The van der Waals surface area contributed by atoms with E-state index < -0.39 is 0 Å². The third-order valence-corrected chi connectivity index (χ3v) is 5.18. The first kappa shape index (κ1) is 18.7. The van der Waals surface area contributed by atoms with Crippen LogP contribution in [0.3, 0.4) is 0 Å². The fraction of sp³-hybridized carbons (Fsp3) is 0.125. The predicted octanol–water partition coefficient (Wildman–Crippen LogP) is 4.82. The fourth-order valence-electron chi connectivity index (χ4n) is 3.52. The molecule has 5 rings (SSSR count). The van der Waals surface area contributed by atoms with Crippen molar-refractivity contribution in [1.29, 1.82) is 5.26 Å². The normalized spacial score (nSPS) is 11.9. The predicted molar refractivity (Wildman–Crippen MR) is 117 cm³/mol. The fourth-order valence-corrected chi connectivity index (χ4v) is 3.52. The van der Waals surface area contributed by atoms with Crippen molar-refractivity contribution in [3.8, 4) is 40.2 Å². The number of nitriles is 1. The Labute approximate surface area is 179 Å². The van der Waals surface area contributed by atoms with Crippen molar-refractivity contribution in [3.05, 3.63) is 71.9 Å². The summed E-state index contributed by atoms with van der Waals surface area (Å²) in [4.78, 5) is 15.0. The molecule has 0 spiro atoms. The maximum atomic E-state index is 9.06. The molecule has 7 heteroatoms. The molecule has 2 aromatic heterocycles. The topological polar surface area (TPSA) is 87.1 Å². The van der Waals surface area contributed by atoms with Gasteiger partial charge in [-0.3, -0.25) is 4.98 Å². The summed E-state index contributed by atoms with van der Waals surface area (Å²) in [5.74, 6) is 2.09. The van der Waals surface area contributed by atoms with Gasteiger partial charge in [0, 0.05) is 24.0 Å². The second-order valence-electron chi connectivity index (χ2n) is 7.23. The molecule has 0 radical (unpaired) electrons. The van der Waals surface area contributed by atoms with E-state index in [4.69, 9.17) is 19.7 Å². The summed E-state index contributed by atoms with van der Waals surface area (Å²) in [6, 6.07) is 21.2. The van der Waals surface area contributed by atoms with Crippen molar-refractivity contribution in [2.45, 2.75) is 6.92 Å². The zero-order valence-electron chi connectivity index (χ0n) is 17.1. The van der Waals surface area contributed by atoms with Crippen molar-refractivity contribution in [3.63, 3.8) is 0 Å². The van der Waals surface area contributed by atoms with E-state index in [1.807, 2.05) is 67.4 Å². The number of nitrogens with one attached hydrogen (secondary N) is 1. The zero-order valence-corrected chi connectivity index (χ0v) is 17.1. The molecule has 2 aromatic carbocycles. The largest absolute Gasteiger partial charge is 0.454 e. The van der Waals surface area contributed by atoms with Crippen LogP contribution in [-0.2, 0) is 0 Å². The second kappa shape index (κ2) is 7.50. The molecule has 1 aliphatic heterocycles. The Bertz CT molecular complexity index is 1300. The third-order valence-electron chi connectivity index (χ3n) is 5.18. The molecular weight excluding hydrogens is 390 g/mol. The molecule has 7 nitrogen and oxygen atoms in total. The Morgan fingerprint density at radius 2 is 1.81 bits per heavy atom. The van der Waals surface area contributed by atoms with Gasteiger partial charge in [-0.2, -0.15) is 5.26 Å². The summed E-state index contributed by atoms with van der Waals surface area (Å²) < 4.78 is 11.0. The molecule has 152 valence electrons. The summed E-state index contributed by atoms with van der Waals surface area (Å²) in [6.45, 7) is 2.18. The van der Waals surface area contributed by atoms with Crippen molar-refractivity contribution in [1.82, 2.24) is 15.0 Å². The van der Waals surface area contributed by atoms with Crippen LogP contribution in [0.5, 0.6) is 11.5 Å². The van der Waals surface area contributed by atoms with E-state index in [9.17, 15) is 0 Å². The number of benzene rings is 2. The smallest absolute Gasteiger partial charge is 0.231 e. The minimum atomic E-state index is 0.221. The number of imidazole rings is 1. The highest BCUT2D eigenvalue weighted by Gasteiger charge is 2.21. The lowest BCUT2D eigenvalue weighted by molar-refractivity contribution is 0.174. The number of anilines is 2. The van der Waals surface area contributed by atoms with Gasteiger partial charge in [-0.1, -0.05) is 6.07 Å². The molecule has 0 saturated carbocycles. The monoisotopic (exact) mass is 409 g/mol. The van der Waals surface area contributed by atoms with Crippen LogP contribution >= 0.6 is 0 Å². The van der Waals surface area contributed by atoms with E-state index in [2.05, 4.69) is 16.0 Å². The highest BCUT2D eigenvalue weighted by Crippen LogP contribution is 2.39. The maximum absolute atomic E-state index is 9.06. The van der Waals surface area contributed by atoms with E-state index >= 15 is 0 Å². The number of hydrogen-bond donors (Lipinski definition) is 1. The number of ether oxygens (including phenoxy) is 2. The molecule has 1 N–H and O–H groups in total. The molecule has 0 saturated heterocycles. The quantitative estimate of drug-likeness (QED) is 0.520. The Balaban J connectivity index is 1.62. The Morgan fingerprint density at radius 1 is 1.00 bits per heavy atom. The molecule has 0 atom stereocenters. The number of rotatable bonds is 4. The first-order chi connectivity index (χ1) is 15.1. The molecule has 3 heterocycles. The molecular formula is C24H19N5O2. The third kappa shape index (κ3) is 3.45. The summed E-state index contributed by atoms with van der Waals surface area (Å²) >= 11 is 0. The Kier molecular flexibility index (Phi) is 4.53. The van der Waals surface area contributed by atoms with Crippen LogP contribution in [0.1, 0.15) is 11.3 Å². The number of H-pyrrole nitrogens is 1. The van der Waals surface area contributed by atoms with Crippen molar-refractivity contribution < 1.29 is 9.47 Å². The molecule has 31 heavy (non-hydrogen) atoms. The van der Waals surface area contributed by atoms with Crippen LogP contribution in [0.2, 0.25) is 0 Å². The summed E-state index contributed by atoms with van der Waals surface area (Å²) in [6.07, 6.45) is 0. The van der Waals surface area contributed by atoms with Crippen molar-refractivity contribution in [2.75, 3.05) is 18.7 Å². The number of hydrogen-bond acceptors (Lipinski definition) is 6. The van der Waals surface area contributed by atoms with Crippen LogP contribution in [0.25, 0.3) is 22.6 Å². The van der Waals surface area contributed by atoms with E-state index in [0.717, 1.165) is 39.8 Å². The molecule has 0 unspecified atom stereocenters. The number of aryl methyl sites for hydroxylation is 1. The van der Waals surface area contributed by atoms with Gasteiger partial charge in [0.1, 0.15) is 5.69 Å². The van der Waals surface area contributed by atoms with Crippen LogP contribution in [0.15, 0.2) is 60.7 Å². The maximum Gasteiger partial charge on any atom is 0.231 e. The van der Waals surface area contributed by atoms with Crippen LogP contribution in [0, 0.1) is 18.3 Å². The summed E-state index contributed by atoms with van der Waals surface area (Å²) in [5.41, 5.74) is 5.74. The van der Waals surface area contributed by atoms with Crippen molar-refractivity contribution in [2.24, 2.45) is 0 Å². The van der Waals surface area contributed by atoms with Gasteiger partial charge >= 0.3 is 0 Å². The van der Waals surface area contributed by atoms with Crippen LogP contribution in [0.4, 0.5) is 11.6 Å². The van der Waals surface area contributed by atoms with Gasteiger partial charge in [0.2, 0.25) is 12.7 Å². The van der Waals surface area contributed by atoms with E-state index in [1.54, 1.807) is 12.1 Å².